The lowest BCUT2D eigenvalue weighted by Gasteiger charge is -2.39. The first kappa shape index (κ1) is 12.0. The van der Waals surface area contributed by atoms with E-state index in [1.165, 1.54) is 6.42 Å². The number of hydrogen-bond donors (Lipinski definition) is 1. The molecule has 0 spiro atoms. The Morgan fingerprint density at radius 2 is 1.93 bits per heavy atom. The third-order valence-corrected chi connectivity index (χ3v) is 2.88. The molecule has 0 aromatic heterocycles. The van der Waals surface area contributed by atoms with E-state index in [9.17, 15) is 0 Å². The molecule has 1 heterocycles. The molecule has 0 saturated carbocycles. The minimum atomic E-state index is 0.385. The van der Waals surface area contributed by atoms with Crippen molar-refractivity contribution in [2.45, 2.75) is 45.4 Å². The van der Waals surface area contributed by atoms with Gasteiger partial charge in [0.2, 0.25) is 0 Å². The van der Waals surface area contributed by atoms with E-state index in [-0.39, 0.29) is 0 Å². The van der Waals surface area contributed by atoms with E-state index in [0.717, 1.165) is 19.6 Å². The highest BCUT2D eigenvalue weighted by Crippen LogP contribution is 2.14. The van der Waals surface area contributed by atoms with Crippen LogP contribution in [-0.2, 0) is 4.74 Å². The summed E-state index contributed by atoms with van der Waals surface area (Å²) in [6.45, 7) is 9.88. The molecule has 1 aliphatic rings. The molecule has 0 aliphatic carbocycles. The van der Waals surface area contributed by atoms with Gasteiger partial charge in [0.25, 0.3) is 0 Å². The van der Waals surface area contributed by atoms with Crippen molar-refractivity contribution in [3.63, 3.8) is 0 Å². The van der Waals surface area contributed by atoms with Gasteiger partial charge in [-0.15, -0.1) is 0 Å². The van der Waals surface area contributed by atoms with Crippen LogP contribution in [0.3, 0.4) is 0 Å². The molecular formula is C11H24N2O. The largest absolute Gasteiger partial charge is 0.373 e. The lowest BCUT2D eigenvalue weighted by atomic mass is 10.1. The second-order valence-electron chi connectivity index (χ2n) is 4.45. The summed E-state index contributed by atoms with van der Waals surface area (Å²) in [7, 11) is 2.01. The van der Waals surface area contributed by atoms with E-state index >= 15 is 0 Å². The second-order valence-corrected chi connectivity index (χ2v) is 4.45. The first-order valence-corrected chi connectivity index (χ1v) is 5.67. The minimum Gasteiger partial charge on any atom is -0.373 e. The van der Waals surface area contributed by atoms with Gasteiger partial charge in [0.1, 0.15) is 0 Å². The van der Waals surface area contributed by atoms with E-state index in [2.05, 4.69) is 31.0 Å². The fourth-order valence-corrected chi connectivity index (χ4v) is 2.11. The van der Waals surface area contributed by atoms with Crippen molar-refractivity contribution >= 4 is 0 Å². The fourth-order valence-electron chi connectivity index (χ4n) is 2.11. The summed E-state index contributed by atoms with van der Waals surface area (Å²) in [6, 6.07) is 0.663. The van der Waals surface area contributed by atoms with Crippen molar-refractivity contribution in [2.75, 3.05) is 26.7 Å². The van der Waals surface area contributed by atoms with Crippen LogP contribution in [0, 0.1) is 0 Å². The average molecular weight is 200 g/mol. The summed E-state index contributed by atoms with van der Waals surface area (Å²) in [5.74, 6) is 0. The van der Waals surface area contributed by atoms with Crippen molar-refractivity contribution in [3.8, 4) is 0 Å². The van der Waals surface area contributed by atoms with Gasteiger partial charge >= 0.3 is 0 Å². The number of morpholine rings is 1. The van der Waals surface area contributed by atoms with Crippen molar-refractivity contribution in [1.82, 2.24) is 10.2 Å². The van der Waals surface area contributed by atoms with Gasteiger partial charge in [-0.2, -0.15) is 0 Å². The molecule has 3 atom stereocenters. The number of hydrogen-bond acceptors (Lipinski definition) is 3. The van der Waals surface area contributed by atoms with Crippen LogP contribution in [0.25, 0.3) is 0 Å². The molecule has 0 radical (unpaired) electrons. The Bertz CT molecular complexity index is 153. The van der Waals surface area contributed by atoms with Crippen molar-refractivity contribution in [3.05, 3.63) is 0 Å². The second kappa shape index (κ2) is 5.69. The smallest absolute Gasteiger partial charge is 0.0678 e. The molecule has 0 aromatic rings. The lowest BCUT2D eigenvalue weighted by Crippen LogP contribution is -2.49. The summed E-state index contributed by atoms with van der Waals surface area (Å²) >= 11 is 0. The summed E-state index contributed by atoms with van der Waals surface area (Å²) in [6.07, 6.45) is 1.99. The average Bonchev–Trinajstić information content (AvgIpc) is 2.12. The standard InChI is InChI=1S/C11H24N2O/c1-9(5-6-12-4)13-7-10(2)14-11(3)8-13/h9-12H,5-8H2,1-4H3/t9?,10-,11+. The van der Waals surface area contributed by atoms with Crippen molar-refractivity contribution < 1.29 is 4.74 Å². The molecule has 3 nitrogen and oxygen atoms in total. The molecule has 14 heavy (non-hydrogen) atoms. The SMILES string of the molecule is CNCCC(C)N1C[C@@H](C)O[C@@H](C)C1. The summed E-state index contributed by atoms with van der Waals surface area (Å²) in [5.41, 5.74) is 0. The maximum Gasteiger partial charge on any atom is 0.0678 e. The number of nitrogens with one attached hydrogen (secondary N) is 1. The Morgan fingerprint density at radius 3 is 2.43 bits per heavy atom. The fraction of sp³-hybridized carbons (Fsp3) is 1.00. The Balaban J connectivity index is 2.34. The summed E-state index contributed by atoms with van der Waals surface area (Å²) < 4.78 is 5.71. The molecule has 84 valence electrons. The van der Waals surface area contributed by atoms with Crippen LogP contribution >= 0.6 is 0 Å². The van der Waals surface area contributed by atoms with E-state index in [1.807, 2.05) is 7.05 Å². The van der Waals surface area contributed by atoms with Crippen LogP contribution in [0.2, 0.25) is 0 Å². The third-order valence-electron chi connectivity index (χ3n) is 2.88. The zero-order valence-electron chi connectivity index (χ0n) is 9.92. The molecule has 1 unspecified atom stereocenters. The van der Waals surface area contributed by atoms with Crippen molar-refractivity contribution in [1.29, 1.82) is 0 Å². The molecule has 1 rings (SSSR count). The van der Waals surface area contributed by atoms with Gasteiger partial charge in [-0.25, -0.2) is 0 Å². The number of ether oxygens (including phenoxy) is 1. The highest BCUT2D eigenvalue weighted by Gasteiger charge is 2.25. The topological polar surface area (TPSA) is 24.5 Å². The molecule has 1 aliphatic heterocycles. The Hall–Kier alpha value is -0.120. The lowest BCUT2D eigenvalue weighted by molar-refractivity contribution is -0.0790. The molecule has 0 bridgehead atoms. The van der Waals surface area contributed by atoms with Crippen LogP contribution < -0.4 is 5.32 Å². The van der Waals surface area contributed by atoms with Gasteiger partial charge in [-0.3, -0.25) is 4.90 Å². The van der Waals surface area contributed by atoms with Gasteiger partial charge < -0.3 is 10.1 Å². The molecule has 0 aromatic carbocycles. The van der Waals surface area contributed by atoms with Crippen LogP contribution in [0.5, 0.6) is 0 Å². The molecular weight excluding hydrogens is 176 g/mol. The first-order chi connectivity index (χ1) is 6.63. The summed E-state index contributed by atoms with van der Waals surface area (Å²) in [5, 5.41) is 3.20. The summed E-state index contributed by atoms with van der Waals surface area (Å²) in [4.78, 5) is 2.54. The normalized spacial score (nSPS) is 31.7. The van der Waals surface area contributed by atoms with Crippen LogP contribution in [-0.4, -0.2) is 49.8 Å². The Kier molecular flexibility index (Phi) is 4.85. The number of rotatable bonds is 4. The van der Waals surface area contributed by atoms with Gasteiger partial charge in [0, 0.05) is 19.1 Å². The van der Waals surface area contributed by atoms with E-state index in [1.54, 1.807) is 0 Å². The van der Waals surface area contributed by atoms with E-state index in [0.29, 0.717) is 18.2 Å². The van der Waals surface area contributed by atoms with Crippen LogP contribution in [0.1, 0.15) is 27.2 Å². The monoisotopic (exact) mass is 200 g/mol. The molecule has 1 fully saturated rings. The predicted octanol–water partition coefficient (Wildman–Crippen LogP) is 1.09. The van der Waals surface area contributed by atoms with E-state index in [4.69, 9.17) is 4.74 Å². The van der Waals surface area contributed by atoms with Crippen LogP contribution in [0.4, 0.5) is 0 Å². The first-order valence-electron chi connectivity index (χ1n) is 5.67. The third kappa shape index (κ3) is 3.56. The van der Waals surface area contributed by atoms with Gasteiger partial charge in [0.05, 0.1) is 12.2 Å². The van der Waals surface area contributed by atoms with Gasteiger partial charge in [-0.1, -0.05) is 0 Å². The van der Waals surface area contributed by atoms with Gasteiger partial charge in [0.15, 0.2) is 0 Å². The molecule has 1 saturated heterocycles. The highest BCUT2D eigenvalue weighted by molar-refractivity contribution is 4.77. The zero-order chi connectivity index (χ0) is 10.6. The Morgan fingerprint density at radius 1 is 1.36 bits per heavy atom. The molecule has 0 amide bonds. The Labute approximate surface area is 87.8 Å². The zero-order valence-corrected chi connectivity index (χ0v) is 9.92. The number of nitrogens with zero attached hydrogens (tertiary/aromatic N) is 1. The van der Waals surface area contributed by atoms with Gasteiger partial charge in [-0.05, 0) is 40.8 Å². The minimum absolute atomic E-state index is 0.385. The highest BCUT2D eigenvalue weighted by atomic mass is 16.5. The van der Waals surface area contributed by atoms with Crippen LogP contribution in [0.15, 0.2) is 0 Å². The predicted molar refractivity (Wildman–Crippen MR) is 59.6 cm³/mol. The maximum absolute atomic E-state index is 5.71. The quantitative estimate of drug-likeness (QED) is 0.735. The molecule has 3 heteroatoms. The molecule has 1 N–H and O–H groups in total. The maximum atomic E-state index is 5.71. The van der Waals surface area contributed by atoms with Crippen molar-refractivity contribution in [2.24, 2.45) is 0 Å². The van der Waals surface area contributed by atoms with E-state index < -0.39 is 0 Å².